The maximum absolute atomic E-state index is 12.9. The molecule has 0 fully saturated rings. The molecule has 0 N–H and O–H groups in total. The van der Waals surface area contributed by atoms with Crippen molar-refractivity contribution >= 4 is 17.9 Å². The van der Waals surface area contributed by atoms with Crippen molar-refractivity contribution in [3.8, 4) is 0 Å². The van der Waals surface area contributed by atoms with Crippen LogP contribution in [0.4, 0.5) is 0 Å². The lowest BCUT2D eigenvalue weighted by molar-refractivity contribution is -0.166. The molecular formula is C67H104O6. The first kappa shape index (κ1) is 68.0. The topological polar surface area (TPSA) is 78.9 Å². The van der Waals surface area contributed by atoms with Gasteiger partial charge in [0, 0.05) is 19.3 Å². The predicted octanol–water partition coefficient (Wildman–Crippen LogP) is 19.8. The minimum Gasteiger partial charge on any atom is -0.462 e. The van der Waals surface area contributed by atoms with E-state index < -0.39 is 6.10 Å². The van der Waals surface area contributed by atoms with Gasteiger partial charge in [-0.15, -0.1) is 0 Å². The van der Waals surface area contributed by atoms with Crippen LogP contribution in [0, 0.1) is 0 Å². The van der Waals surface area contributed by atoms with Crippen molar-refractivity contribution in [2.24, 2.45) is 0 Å². The normalized spacial score (nSPS) is 13.3. The van der Waals surface area contributed by atoms with E-state index in [4.69, 9.17) is 14.2 Å². The number of carbonyl (C=O) groups is 3. The highest BCUT2D eigenvalue weighted by molar-refractivity contribution is 5.71. The molecule has 0 amide bonds. The highest BCUT2D eigenvalue weighted by atomic mass is 16.6. The van der Waals surface area contributed by atoms with Gasteiger partial charge in [0.1, 0.15) is 13.2 Å². The Hall–Kier alpha value is -4.97. The van der Waals surface area contributed by atoms with Crippen LogP contribution < -0.4 is 0 Å². The van der Waals surface area contributed by atoms with Crippen molar-refractivity contribution in [3.63, 3.8) is 0 Å². The number of allylic oxidation sites excluding steroid dienone is 26. The smallest absolute Gasteiger partial charge is 0.306 e. The Morgan fingerprint density at radius 3 is 0.890 bits per heavy atom. The molecule has 0 heterocycles. The van der Waals surface area contributed by atoms with Gasteiger partial charge in [0.2, 0.25) is 0 Å². The Kier molecular flexibility index (Phi) is 55.5. The second-order valence-electron chi connectivity index (χ2n) is 18.5. The fraction of sp³-hybridized carbons (Fsp3) is 0.567. The van der Waals surface area contributed by atoms with Gasteiger partial charge in [-0.05, 0) is 128 Å². The zero-order valence-electron chi connectivity index (χ0n) is 46.6. The quantitative estimate of drug-likeness (QED) is 0.0261. The van der Waals surface area contributed by atoms with Gasteiger partial charge in [-0.2, -0.15) is 0 Å². The van der Waals surface area contributed by atoms with Gasteiger partial charge >= 0.3 is 17.9 Å². The monoisotopic (exact) mass is 1000 g/mol. The number of hydrogen-bond donors (Lipinski definition) is 0. The molecule has 6 heteroatoms. The molecule has 0 aliphatic heterocycles. The van der Waals surface area contributed by atoms with Gasteiger partial charge in [0.15, 0.2) is 6.10 Å². The standard InChI is InChI=1S/C67H104O6/c1-4-7-10-13-16-19-22-25-28-31-33-36-38-41-44-47-50-53-56-59-65(68)71-62-64(73-67(70)61-58-55-52-49-46-43-40-35-30-27-24-21-18-15-12-9-6-3)63-72-66(69)60-57-54-51-48-45-42-39-37-34-32-29-26-23-20-17-14-11-8-5-2/h7,10,16-21,25-30,33-34,36-37,41-42,44-45,50-51,53-54,64H,4-6,8-9,11-15,22-24,31-32,35,38-40,43,46-49,52,55-63H2,1-3H3/b10-7-,19-16-,20-17-,21-18-,28-25-,29-26-,30-27-,36-33-,37-34-,44-41-,45-42-,53-50-,54-51-/t64-/m1/s1. The zero-order chi connectivity index (χ0) is 52.9. The van der Waals surface area contributed by atoms with E-state index in [2.05, 4.69) is 154 Å². The van der Waals surface area contributed by atoms with Crippen LogP contribution >= 0.6 is 0 Å². The Morgan fingerprint density at radius 1 is 0.288 bits per heavy atom. The number of ether oxygens (including phenoxy) is 3. The maximum atomic E-state index is 12.9. The molecule has 0 saturated carbocycles. The average Bonchev–Trinajstić information content (AvgIpc) is 3.39. The zero-order valence-corrected chi connectivity index (χ0v) is 46.6. The lowest BCUT2D eigenvalue weighted by atomic mass is 10.1. The Balaban J connectivity index is 4.65. The summed E-state index contributed by atoms with van der Waals surface area (Å²) in [6.45, 7) is 6.32. The average molecular weight is 1010 g/mol. The van der Waals surface area contributed by atoms with Crippen molar-refractivity contribution in [2.75, 3.05) is 13.2 Å². The van der Waals surface area contributed by atoms with Crippen LogP contribution in [0.1, 0.15) is 226 Å². The summed E-state index contributed by atoms with van der Waals surface area (Å²) < 4.78 is 16.7. The Labute approximate surface area is 448 Å². The van der Waals surface area contributed by atoms with E-state index in [1.165, 1.54) is 70.6 Å². The molecule has 0 spiro atoms. The maximum Gasteiger partial charge on any atom is 0.306 e. The summed E-state index contributed by atoms with van der Waals surface area (Å²) in [5.74, 6) is -1.13. The molecule has 0 aromatic carbocycles. The fourth-order valence-electron chi connectivity index (χ4n) is 7.19. The van der Waals surface area contributed by atoms with Crippen LogP contribution in [0.3, 0.4) is 0 Å². The molecule has 0 aromatic heterocycles. The van der Waals surface area contributed by atoms with Crippen LogP contribution in [0.2, 0.25) is 0 Å². The molecule has 0 radical (unpaired) electrons. The molecule has 0 aliphatic carbocycles. The second kappa shape index (κ2) is 59.6. The summed E-state index contributed by atoms with van der Waals surface area (Å²) in [7, 11) is 0. The molecular weight excluding hydrogens is 901 g/mol. The van der Waals surface area contributed by atoms with E-state index in [0.29, 0.717) is 12.8 Å². The number of hydrogen-bond acceptors (Lipinski definition) is 6. The van der Waals surface area contributed by atoms with Crippen LogP contribution in [0.15, 0.2) is 158 Å². The molecule has 1 atom stereocenters. The number of unbranched alkanes of at least 4 members (excludes halogenated alkanes) is 13. The van der Waals surface area contributed by atoms with Crippen LogP contribution in [0.25, 0.3) is 0 Å². The summed E-state index contributed by atoms with van der Waals surface area (Å²) in [6.07, 6.45) is 86.8. The lowest BCUT2D eigenvalue weighted by Crippen LogP contribution is -2.30. The van der Waals surface area contributed by atoms with Gasteiger partial charge in [0.25, 0.3) is 0 Å². The molecule has 408 valence electrons. The first-order valence-electron chi connectivity index (χ1n) is 29.0. The van der Waals surface area contributed by atoms with Gasteiger partial charge < -0.3 is 14.2 Å². The van der Waals surface area contributed by atoms with Gasteiger partial charge in [-0.3, -0.25) is 14.4 Å². The van der Waals surface area contributed by atoms with E-state index in [9.17, 15) is 14.4 Å². The SMILES string of the molecule is CC/C=C\C/C=C\C/C=C\C/C=C\C/C=C\C/C=C\CCC(=O)OC[C@H](COC(=O)CC/C=C\C/C=C\C/C=C\C/C=C\C/C=C\CCCCC)OC(=O)CCCCCCCCC/C=C\C/C=C\CCCCC. The van der Waals surface area contributed by atoms with Crippen LogP contribution in [-0.2, 0) is 28.6 Å². The molecule has 6 nitrogen and oxygen atoms in total. The van der Waals surface area contributed by atoms with Crippen molar-refractivity contribution in [1.29, 1.82) is 0 Å². The minimum atomic E-state index is -0.852. The molecule has 0 unspecified atom stereocenters. The predicted molar refractivity (Wildman–Crippen MR) is 315 cm³/mol. The number of carbonyl (C=O) groups excluding carboxylic acids is 3. The van der Waals surface area contributed by atoms with Crippen molar-refractivity contribution in [3.05, 3.63) is 158 Å². The fourth-order valence-corrected chi connectivity index (χ4v) is 7.19. The molecule has 0 bridgehead atoms. The van der Waals surface area contributed by atoms with Crippen molar-refractivity contribution in [2.45, 2.75) is 232 Å². The van der Waals surface area contributed by atoms with E-state index >= 15 is 0 Å². The largest absolute Gasteiger partial charge is 0.462 e. The van der Waals surface area contributed by atoms with Crippen molar-refractivity contribution in [1.82, 2.24) is 0 Å². The van der Waals surface area contributed by atoms with E-state index in [0.717, 1.165) is 103 Å². The summed E-state index contributed by atoms with van der Waals surface area (Å²) >= 11 is 0. The van der Waals surface area contributed by atoms with Gasteiger partial charge in [-0.25, -0.2) is 0 Å². The summed E-state index contributed by atoms with van der Waals surface area (Å²) in [4.78, 5) is 38.1. The molecule has 0 saturated heterocycles. The first-order valence-corrected chi connectivity index (χ1v) is 29.0. The van der Waals surface area contributed by atoms with Crippen LogP contribution in [0.5, 0.6) is 0 Å². The minimum absolute atomic E-state index is 0.151. The lowest BCUT2D eigenvalue weighted by Gasteiger charge is -2.18. The van der Waals surface area contributed by atoms with Crippen molar-refractivity contribution < 1.29 is 28.6 Å². The van der Waals surface area contributed by atoms with Gasteiger partial charge in [0.05, 0.1) is 0 Å². The van der Waals surface area contributed by atoms with Gasteiger partial charge in [-0.1, -0.05) is 237 Å². The molecule has 0 aromatic rings. The third-order valence-electron chi connectivity index (χ3n) is 11.5. The second-order valence-corrected chi connectivity index (χ2v) is 18.5. The molecule has 73 heavy (non-hydrogen) atoms. The van der Waals surface area contributed by atoms with Crippen LogP contribution in [-0.4, -0.2) is 37.2 Å². The van der Waals surface area contributed by atoms with E-state index in [1.807, 2.05) is 24.3 Å². The highest BCUT2D eigenvalue weighted by Gasteiger charge is 2.19. The first-order chi connectivity index (χ1) is 36.0. The van der Waals surface area contributed by atoms with E-state index in [-0.39, 0.29) is 50.4 Å². The Morgan fingerprint density at radius 2 is 0.562 bits per heavy atom. The Bertz CT molecular complexity index is 1670. The molecule has 0 rings (SSSR count). The third-order valence-corrected chi connectivity index (χ3v) is 11.5. The molecule has 0 aliphatic rings. The summed E-state index contributed by atoms with van der Waals surface area (Å²) in [5.41, 5.74) is 0. The summed E-state index contributed by atoms with van der Waals surface area (Å²) in [6, 6.07) is 0. The third kappa shape index (κ3) is 57.8. The number of rotatable bonds is 50. The van der Waals surface area contributed by atoms with E-state index in [1.54, 1.807) is 0 Å². The summed E-state index contributed by atoms with van der Waals surface area (Å²) in [5, 5.41) is 0. The highest BCUT2D eigenvalue weighted by Crippen LogP contribution is 2.12. The number of esters is 3.